The number of thioether (sulfide) groups is 1. The smallest absolute Gasteiger partial charge is 0.243 e. The number of piperidine rings is 1. The first-order valence-electron chi connectivity index (χ1n) is 9.16. The Kier molecular flexibility index (Phi) is 6.74. The van der Waals surface area contributed by atoms with Gasteiger partial charge in [0.2, 0.25) is 15.9 Å². The highest BCUT2D eigenvalue weighted by Crippen LogP contribution is 2.26. The lowest BCUT2D eigenvalue weighted by atomic mass is 10.2. The van der Waals surface area contributed by atoms with Crippen molar-refractivity contribution in [3.8, 4) is 0 Å². The first-order valence-corrected chi connectivity index (χ1v) is 11.6. The minimum Gasteiger partial charge on any atom is -0.325 e. The summed E-state index contributed by atoms with van der Waals surface area (Å²) in [7, 11) is -3.57. The molecule has 3 rings (SSSR count). The number of sulfonamides is 1. The van der Waals surface area contributed by atoms with Crippen LogP contribution in [-0.2, 0) is 14.8 Å². The van der Waals surface area contributed by atoms with Gasteiger partial charge in [0.1, 0.15) is 5.82 Å². The summed E-state index contributed by atoms with van der Waals surface area (Å²) in [5, 5.41) is 2.75. The maximum Gasteiger partial charge on any atom is 0.243 e. The number of nitrogens with zero attached hydrogens (tertiary/aromatic N) is 1. The van der Waals surface area contributed by atoms with Crippen molar-refractivity contribution < 1.29 is 17.6 Å². The van der Waals surface area contributed by atoms with Gasteiger partial charge in [-0.25, -0.2) is 12.8 Å². The maximum atomic E-state index is 13.7. The monoisotopic (exact) mass is 422 g/mol. The molecule has 28 heavy (non-hydrogen) atoms. The second-order valence-electron chi connectivity index (χ2n) is 6.71. The molecule has 0 spiro atoms. The quantitative estimate of drug-likeness (QED) is 0.714. The Morgan fingerprint density at radius 2 is 1.86 bits per heavy atom. The number of hydrogen-bond donors (Lipinski definition) is 1. The van der Waals surface area contributed by atoms with E-state index in [-0.39, 0.29) is 22.4 Å². The number of amides is 1. The van der Waals surface area contributed by atoms with E-state index in [0.717, 1.165) is 36.6 Å². The first-order chi connectivity index (χ1) is 13.4. The molecule has 1 aliphatic heterocycles. The number of aryl methyl sites for hydroxylation is 1. The number of benzene rings is 2. The SMILES string of the molecule is Cc1ccc(S(=O)(=O)N2CCCCC2)cc1NC(=O)CSc1ccccc1F. The molecule has 0 unspecified atom stereocenters. The molecular weight excluding hydrogens is 399 g/mol. The van der Waals surface area contributed by atoms with Gasteiger partial charge in [0.25, 0.3) is 0 Å². The van der Waals surface area contributed by atoms with Crippen LogP contribution in [0.2, 0.25) is 0 Å². The van der Waals surface area contributed by atoms with Gasteiger partial charge in [-0.2, -0.15) is 4.31 Å². The molecule has 1 heterocycles. The van der Waals surface area contributed by atoms with Crippen LogP contribution >= 0.6 is 11.8 Å². The van der Waals surface area contributed by atoms with Crippen LogP contribution in [0.5, 0.6) is 0 Å². The molecule has 0 aromatic heterocycles. The van der Waals surface area contributed by atoms with Crippen LogP contribution in [0.3, 0.4) is 0 Å². The Balaban J connectivity index is 1.71. The molecule has 0 bridgehead atoms. The number of carbonyl (C=O) groups excluding carboxylic acids is 1. The van der Waals surface area contributed by atoms with Gasteiger partial charge in [-0.05, 0) is 49.6 Å². The second-order valence-corrected chi connectivity index (χ2v) is 9.66. The summed E-state index contributed by atoms with van der Waals surface area (Å²) in [5.41, 5.74) is 1.22. The van der Waals surface area contributed by atoms with Crippen LogP contribution in [0, 0.1) is 12.7 Å². The number of halogens is 1. The van der Waals surface area contributed by atoms with Gasteiger partial charge in [-0.1, -0.05) is 24.6 Å². The summed E-state index contributed by atoms with van der Waals surface area (Å²) in [6.07, 6.45) is 2.77. The Hall–Kier alpha value is -1.90. The van der Waals surface area contributed by atoms with E-state index >= 15 is 0 Å². The minimum atomic E-state index is -3.57. The summed E-state index contributed by atoms with van der Waals surface area (Å²) < 4.78 is 40.9. The standard InChI is InChI=1S/C20H23FN2O3S2/c1-15-9-10-16(28(25,26)23-11-5-2-6-12-23)13-18(15)22-20(24)14-27-19-8-4-3-7-17(19)21/h3-4,7-10,13H,2,5-6,11-12,14H2,1H3,(H,22,24). The summed E-state index contributed by atoms with van der Waals surface area (Å²) in [4.78, 5) is 12.9. The zero-order chi connectivity index (χ0) is 20.1. The zero-order valence-corrected chi connectivity index (χ0v) is 17.3. The molecule has 8 heteroatoms. The topological polar surface area (TPSA) is 66.5 Å². The molecule has 0 radical (unpaired) electrons. The Labute approximate surface area is 169 Å². The van der Waals surface area contributed by atoms with Gasteiger partial charge >= 0.3 is 0 Å². The van der Waals surface area contributed by atoms with E-state index in [9.17, 15) is 17.6 Å². The van der Waals surface area contributed by atoms with Crippen LogP contribution < -0.4 is 5.32 Å². The lowest BCUT2D eigenvalue weighted by Crippen LogP contribution is -2.35. The van der Waals surface area contributed by atoms with Crippen molar-refractivity contribution in [1.82, 2.24) is 4.31 Å². The predicted molar refractivity (Wildman–Crippen MR) is 110 cm³/mol. The van der Waals surface area contributed by atoms with Gasteiger partial charge in [0.15, 0.2) is 0 Å². The summed E-state index contributed by atoms with van der Waals surface area (Å²) in [5.74, 6) is -0.654. The average molecular weight is 423 g/mol. The van der Waals surface area contributed by atoms with Crippen molar-refractivity contribution in [1.29, 1.82) is 0 Å². The van der Waals surface area contributed by atoms with E-state index in [0.29, 0.717) is 23.7 Å². The average Bonchev–Trinajstić information content (AvgIpc) is 2.69. The molecule has 1 saturated heterocycles. The summed E-state index contributed by atoms with van der Waals surface area (Å²) in [6, 6.07) is 11.0. The van der Waals surface area contributed by atoms with E-state index < -0.39 is 10.0 Å². The molecule has 0 atom stereocenters. The third-order valence-corrected chi connectivity index (χ3v) is 7.57. The molecule has 1 fully saturated rings. The number of anilines is 1. The highest BCUT2D eigenvalue weighted by Gasteiger charge is 2.26. The zero-order valence-electron chi connectivity index (χ0n) is 15.7. The number of hydrogen-bond acceptors (Lipinski definition) is 4. The Morgan fingerprint density at radius 3 is 2.57 bits per heavy atom. The summed E-state index contributed by atoms with van der Waals surface area (Å²) in [6.45, 7) is 2.85. The van der Waals surface area contributed by atoms with Crippen molar-refractivity contribution >= 4 is 33.4 Å². The van der Waals surface area contributed by atoms with E-state index in [1.165, 1.54) is 16.4 Å². The van der Waals surface area contributed by atoms with Gasteiger partial charge in [0.05, 0.1) is 10.6 Å². The highest BCUT2D eigenvalue weighted by molar-refractivity contribution is 8.00. The van der Waals surface area contributed by atoms with E-state index in [1.54, 1.807) is 37.3 Å². The van der Waals surface area contributed by atoms with Crippen molar-refractivity contribution in [2.45, 2.75) is 36.0 Å². The van der Waals surface area contributed by atoms with Gasteiger partial charge in [0, 0.05) is 23.7 Å². The Morgan fingerprint density at radius 1 is 1.14 bits per heavy atom. The third-order valence-electron chi connectivity index (χ3n) is 4.63. The molecule has 0 aliphatic carbocycles. The normalized spacial score (nSPS) is 15.4. The van der Waals surface area contributed by atoms with Crippen molar-refractivity contribution in [3.63, 3.8) is 0 Å². The molecule has 1 amide bonds. The molecule has 150 valence electrons. The number of nitrogens with one attached hydrogen (secondary N) is 1. The van der Waals surface area contributed by atoms with E-state index in [4.69, 9.17) is 0 Å². The van der Waals surface area contributed by atoms with Gasteiger partial charge in [-0.15, -0.1) is 11.8 Å². The first kappa shape index (κ1) is 20.8. The highest BCUT2D eigenvalue weighted by atomic mass is 32.2. The van der Waals surface area contributed by atoms with Crippen LogP contribution in [-0.4, -0.2) is 37.5 Å². The van der Waals surface area contributed by atoms with Gasteiger partial charge < -0.3 is 5.32 Å². The molecule has 1 N–H and O–H groups in total. The second kappa shape index (κ2) is 9.07. The minimum absolute atomic E-state index is 0.0312. The fourth-order valence-corrected chi connectivity index (χ4v) is 5.33. The fraction of sp³-hybridized carbons (Fsp3) is 0.350. The molecule has 2 aromatic rings. The Bertz CT molecular complexity index is 958. The van der Waals surface area contributed by atoms with Crippen molar-refractivity contribution in [2.75, 3.05) is 24.2 Å². The number of rotatable bonds is 6. The van der Waals surface area contributed by atoms with Crippen molar-refractivity contribution in [3.05, 3.63) is 53.8 Å². The predicted octanol–water partition coefficient (Wildman–Crippen LogP) is 4.04. The molecular formula is C20H23FN2O3S2. The van der Waals surface area contributed by atoms with E-state index in [1.807, 2.05) is 0 Å². The summed E-state index contributed by atoms with van der Waals surface area (Å²) >= 11 is 1.10. The van der Waals surface area contributed by atoms with Crippen molar-refractivity contribution in [2.24, 2.45) is 0 Å². The number of carbonyl (C=O) groups is 1. The van der Waals surface area contributed by atoms with Crippen LogP contribution in [0.25, 0.3) is 0 Å². The third kappa shape index (κ3) is 4.92. The van der Waals surface area contributed by atoms with Crippen LogP contribution in [0.4, 0.5) is 10.1 Å². The molecule has 0 saturated carbocycles. The van der Waals surface area contributed by atoms with Crippen LogP contribution in [0.1, 0.15) is 24.8 Å². The molecule has 2 aromatic carbocycles. The maximum absolute atomic E-state index is 13.7. The molecule has 1 aliphatic rings. The van der Waals surface area contributed by atoms with Gasteiger partial charge in [-0.3, -0.25) is 4.79 Å². The molecule has 5 nitrogen and oxygen atoms in total. The lowest BCUT2D eigenvalue weighted by molar-refractivity contribution is -0.113. The largest absolute Gasteiger partial charge is 0.325 e. The fourth-order valence-electron chi connectivity index (χ4n) is 3.04. The van der Waals surface area contributed by atoms with E-state index in [2.05, 4.69) is 5.32 Å². The van der Waals surface area contributed by atoms with Crippen LogP contribution in [0.15, 0.2) is 52.3 Å². The lowest BCUT2D eigenvalue weighted by Gasteiger charge is -2.26.